The van der Waals surface area contributed by atoms with Gasteiger partial charge in [-0.05, 0) is 69.2 Å². The summed E-state index contributed by atoms with van der Waals surface area (Å²) in [5.74, 6) is -0.702. The van der Waals surface area contributed by atoms with Crippen molar-refractivity contribution in [1.29, 1.82) is 0 Å². The van der Waals surface area contributed by atoms with Gasteiger partial charge in [0.15, 0.2) is 0 Å². The zero-order valence-electron chi connectivity index (χ0n) is 25.9. The summed E-state index contributed by atoms with van der Waals surface area (Å²) in [6.45, 7) is 6.42. The highest BCUT2D eigenvalue weighted by Crippen LogP contribution is 2.35. The highest BCUT2D eigenvalue weighted by molar-refractivity contribution is 7.89. The van der Waals surface area contributed by atoms with E-state index in [-0.39, 0.29) is 22.0 Å². The maximum absolute atomic E-state index is 15.7. The van der Waals surface area contributed by atoms with Gasteiger partial charge >= 0.3 is 0 Å². The van der Waals surface area contributed by atoms with Gasteiger partial charge in [-0.2, -0.15) is 8.75 Å². The molecule has 2 fully saturated rings. The van der Waals surface area contributed by atoms with Crippen molar-refractivity contribution in [2.24, 2.45) is 22.7 Å². The highest BCUT2D eigenvalue weighted by Gasteiger charge is 2.33. The van der Waals surface area contributed by atoms with Crippen LogP contribution in [-0.4, -0.2) is 89.0 Å². The first-order chi connectivity index (χ1) is 21.6. The number of nitrogens with zero attached hydrogens (tertiary/aromatic N) is 7. The summed E-state index contributed by atoms with van der Waals surface area (Å²) in [5, 5.41) is 0. The number of halogens is 1. The van der Waals surface area contributed by atoms with E-state index in [2.05, 4.69) is 45.3 Å². The van der Waals surface area contributed by atoms with Crippen LogP contribution in [0.3, 0.4) is 0 Å². The van der Waals surface area contributed by atoms with Crippen molar-refractivity contribution in [2.45, 2.75) is 50.0 Å². The molecule has 1 aliphatic heterocycles. The third kappa shape index (κ3) is 6.64. The number of piperazine rings is 1. The molecule has 0 spiro atoms. The molecule has 240 valence electrons. The monoisotopic (exact) mass is 653 g/mol. The standard InChI is InChI=1S/C31H40FN9O2S2/c1-19-15-25(39-45(42,43)27-6-4-5-24-30(27)38-44-37-24)23(32)17-22(19)29(34-2)28-26(35-18-36-31(28)33)16-20-7-9-21(10-8-20)41-13-11-40(3)12-14-41/h4-6,15,17-22,39H,7-14,16H2,1-3H3,(H2,33,35,36). The molecule has 1 aromatic carbocycles. The Morgan fingerprint density at radius 3 is 2.60 bits per heavy atom. The Kier molecular flexibility index (Phi) is 9.27. The summed E-state index contributed by atoms with van der Waals surface area (Å²) in [7, 11) is -0.274. The number of anilines is 1. The minimum atomic E-state index is -4.12. The average molecular weight is 654 g/mol. The van der Waals surface area contributed by atoms with Gasteiger partial charge in [0.25, 0.3) is 10.0 Å². The molecule has 11 nitrogen and oxygen atoms in total. The molecule has 3 N–H and O–H groups in total. The highest BCUT2D eigenvalue weighted by atomic mass is 32.2. The van der Waals surface area contributed by atoms with Crippen LogP contribution in [-0.2, 0) is 16.4 Å². The Morgan fingerprint density at radius 1 is 1.11 bits per heavy atom. The molecule has 45 heavy (non-hydrogen) atoms. The van der Waals surface area contributed by atoms with Crippen LogP contribution < -0.4 is 10.5 Å². The summed E-state index contributed by atoms with van der Waals surface area (Å²) < 4.78 is 52.9. The second-order valence-electron chi connectivity index (χ2n) is 12.4. The van der Waals surface area contributed by atoms with Crippen LogP contribution in [0.1, 0.15) is 43.9 Å². The van der Waals surface area contributed by atoms with E-state index >= 15 is 4.39 Å². The van der Waals surface area contributed by atoms with E-state index < -0.39 is 21.8 Å². The largest absolute Gasteiger partial charge is 0.383 e. The third-order valence-corrected chi connectivity index (χ3v) is 11.4. The lowest BCUT2D eigenvalue weighted by molar-refractivity contribution is 0.0812. The molecule has 0 bridgehead atoms. The molecule has 6 rings (SSSR count). The molecule has 3 heterocycles. The third-order valence-electron chi connectivity index (χ3n) is 9.48. The number of nitrogen functional groups attached to an aromatic ring is 1. The number of aliphatic imine (C=N–C) groups is 1. The number of nitrogens with one attached hydrogen (secondary N) is 1. The summed E-state index contributed by atoms with van der Waals surface area (Å²) in [6.07, 6.45) is 9.81. The van der Waals surface area contributed by atoms with Crippen LogP contribution in [0, 0.1) is 17.8 Å². The molecule has 1 saturated carbocycles. The van der Waals surface area contributed by atoms with Gasteiger partial charge < -0.3 is 10.6 Å². The van der Waals surface area contributed by atoms with E-state index in [0.29, 0.717) is 34.6 Å². The van der Waals surface area contributed by atoms with Gasteiger partial charge in [0.2, 0.25) is 0 Å². The summed E-state index contributed by atoms with van der Waals surface area (Å²) >= 11 is 0.924. The number of aromatic nitrogens is 4. The van der Waals surface area contributed by atoms with Gasteiger partial charge in [-0.3, -0.25) is 14.6 Å². The van der Waals surface area contributed by atoms with E-state index in [4.69, 9.17) is 5.73 Å². The van der Waals surface area contributed by atoms with E-state index in [9.17, 15) is 8.42 Å². The Morgan fingerprint density at radius 2 is 1.87 bits per heavy atom. The molecule has 2 unspecified atom stereocenters. The lowest BCUT2D eigenvalue weighted by atomic mass is 9.79. The number of likely N-dealkylation sites (N-methyl/N-ethyl adjacent to an activating group) is 1. The zero-order chi connectivity index (χ0) is 31.7. The van der Waals surface area contributed by atoms with Crippen molar-refractivity contribution in [1.82, 2.24) is 33.2 Å². The minimum absolute atomic E-state index is 0.0514. The molecule has 0 radical (unpaired) electrons. The van der Waals surface area contributed by atoms with Crippen LogP contribution in [0.5, 0.6) is 0 Å². The lowest BCUT2D eigenvalue weighted by Crippen LogP contribution is -2.49. The van der Waals surface area contributed by atoms with Crippen LogP contribution in [0.4, 0.5) is 10.2 Å². The fourth-order valence-corrected chi connectivity index (χ4v) is 8.76. The first kappa shape index (κ1) is 31.6. The maximum Gasteiger partial charge on any atom is 0.264 e. The van der Waals surface area contributed by atoms with Gasteiger partial charge in [0.05, 0.1) is 34.4 Å². The second-order valence-corrected chi connectivity index (χ2v) is 14.6. The molecule has 2 aromatic heterocycles. The van der Waals surface area contributed by atoms with Gasteiger partial charge in [0, 0.05) is 45.2 Å². The van der Waals surface area contributed by atoms with E-state index in [1.165, 1.54) is 31.3 Å². The van der Waals surface area contributed by atoms with Crippen molar-refractivity contribution in [3.63, 3.8) is 0 Å². The number of hydrogen-bond acceptors (Lipinski definition) is 11. The van der Waals surface area contributed by atoms with Gasteiger partial charge in [-0.15, -0.1) is 0 Å². The number of nitrogens with two attached hydrogens (primary N) is 1. The number of allylic oxidation sites excluding steroid dienone is 3. The SMILES string of the molecule is CN=C(c1c(N)ncnc1CC1CCC(N2CCN(C)CC2)CC1)C1C=C(F)C(NS(=O)(=O)c2cccc3nsnc23)=CC1C. The van der Waals surface area contributed by atoms with Crippen molar-refractivity contribution >= 4 is 44.3 Å². The molecule has 2 atom stereocenters. The Hall–Kier alpha value is -3.33. The fourth-order valence-electron chi connectivity index (χ4n) is 6.93. The predicted molar refractivity (Wildman–Crippen MR) is 175 cm³/mol. The van der Waals surface area contributed by atoms with Crippen molar-refractivity contribution < 1.29 is 12.8 Å². The fraction of sp³-hybridized carbons (Fsp3) is 0.516. The lowest BCUT2D eigenvalue weighted by Gasteiger charge is -2.41. The number of sulfonamides is 1. The topological polar surface area (TPSA) is 143 Å². The molecule has 1 saturated heterocycles. The van der Waals surface area contributed by atoms with Gasteiger partial charge in [-0.25, -0.2) is 22.8 Å². The van der Waals surface area contributed by atoms with Crippen molar-refractivity contribution in [3.05, 3.63) is 59.5 Å². The van der Waals surface area contributed by atoms with Crippen LogP contribution in [0.2, 0.25) is 0 Å². The first-order valence-corrected chi connectivity index (χ1v) is 17.7. The Bertz CT molecular complexity index is 1740. The number of rotatable bonds is 8. The van der Waals surface area contributed by atoms with Crippen molar-refractivity contribution in [2.75, 3.05) is 46.0 Å². The molecule has 3 aromatic rings. The number of hydrogen-bond donors (Lipinski definition) is 2. The van der Waals surface area contributed by atoms with Gasteiger partial charge in [-0.1, -0.05) is 19.1 Å². The first-order valence-electron chi connectivity index (χ1n) is 15.5. The molecule has 3 aliphatic rings. The molecular formula is C31H40FN9O2S2. The van der Waals surface area contributed by atoms with E-state index in [0.717, 1.165) is 62.9 Å². The van der Waals surface area contributed by atoms with E-state index in [1.807, 2.05) is 6.92 Å². The average Bonchev–Trinajstić information content (AvgIpc) is 3.51. The normalized spacial score (nSPS) is 25.6. The van der Waals surface area contributed by atoms with Gasteiger partial charge in [0.1, 0.15) is 33.9 Å². The number of benzene rings is 1. The maximum atomic E-state index is 15.7. The number of fused-ring (bicyclic) bond motifs is 1. The predicted octanol–water partition coefficient (Wildman–Crippen LogP) is 3.81. The summed E-state index contributed by atoms with van der Waals surface area (Å²) in [6, 6.07) is 5.34. The van der Waals surface area contributed by atoms with Crippen molar-refractivity contribution in [3.8, 4) is 0 Å². The minimum Gasteiger partial charge on any atom is -0.383 e. The molecular weight excluding hydrogens is 614 g/mol. The van der Waals surface area contributed by atoms with Crippen LogP contribution in [0.25, 0.3) is 11.0 Å². The van der Waals surface area contributed by atoms with E-state index in [1.54, 1.807) is 25.3 Å². The Balaban J connectivity index is 1.18. The quantitative estimate of drug-likeness (QED) is 0.347. The second kappa shape index (κ2) is 13.2. The summed E-state index contributed by atoms with van der Waals surface area (Å²) in [4.78, 5) is 18.5. The molecule has 0 amide bonds. The van der Waals surface area contributed by atoms with Crippen LogP contribution >= 0.6 is 11.7 Å². The Labute approximate surface area is 267 Å². The molecule has 2 aliphatic carbocycles. The summed E-state index contributed by atoms with van der Waals surface area (Å²) in [5.41, 5.74) is 9.13. The zero-order valence-corrected chi connectivity index (χ0v) is 27.5. The smallest absolute Gasteiger partial charge is 0.264 e. The van der Waals surface area contributed by atoms with Crippen LogP contribution in [0.15, 0.2) is 58.1 Å². The molecule has 14 heteroatoms.